The lowest BCUT2D eigenvalue weighted by Gasteiger charge is -2.13. The number of nitrogens with one attached hydrogen (secondary N) is 2. The zero-order valence-corrected chi connectivity index (χ0v) is 13.6. The number of aryl methyl sites for hydroxylation is 2. The molecule has 0 bridgehead atoms. The summed E-state index contributed by atoms with van der Waals surface area (Å²) in [6.07, 6.45) is 9.10. The molecule has 0 saturated heterocycles. The second-order valence-electron chi connectivity index (χ2n) is 6.41. The van der Waals surface area contributed by atoms with E-state index in [1.54, 1.807) is 6.20 Å². The minimum Gasteiger partial charge on any atom is -0.364 e. The van der Waals surface area contributed by atoms with Crippen LogP contribution in [0, 0.1) is 0 Å². The quantitative estimate of drug-likeness (QED) is 0.770. The fraction of sp³-hybridized carbons (Fsp3) is 0.500. The van der Waals surface area contributed by atoms with Crippen LogP contribution in [0.15, 0.2) is 6.20 Å². The van der Waals surface area contributed by atoms with Crippen molar-refractivity contribution < 1.29 is 0 Å². The Morgan fingerprint density at radius 3 is 2.96 bits per heavy atom. The molecule has 2 aliphatic rings. The standard InChI is InChI=1S/C16H18N6S/c1-2-4-12-11(3-1)13-15(17-7-10-8-18-22-21-10)19-14(9-5-6-9)20-16(13)23-12/h8-9H,1-7H2,(H,17,19,20)(H,18,21,22). The monoisotopic (exact) mass is 326 g/mol. The van der Waals surface area contributed by atoms with E-state index in [2.05, 4.69) is 20.7 Å². The lowest BCUT2D eigenvalue weighted by Crippen LogP contribution is -2.06. The Morgan fingerprint density at radius 2 is 2.13 bits per heavy atom. The summed E-state index contributed by atoms with van der Waals surface area (Å²) in [5.74, 6) is 2.56. The first-order valence-electron chi connectivity index (χ1n) is 8.29. The molecule has 0 spiro atoms. The van der Waals surface area contributed by atoms with Crippen LogP contribution in [0.3, 0.4) is 0 Å². The van der Waals surface area contributed by atoms with Crippen molar-refractivity contribution in [1.29, 1.82) is 0 Å². The summed E-state index contributed by atoms with van der Waals surface area (Å²) in [4.78, 5) is 12.4. The van der Waals surface area contributed by atoms with E-state index in [0.29, 0.717) is 12.5 Å². The van der Waals surface area contributed by atoms with E-state index in [0.717, 1.165) is 28.6 Å². The van der Waals surface area contributed by atoms with E-state index in [1.165, 1.54) is 47.9 Å². The van der Waals surface area contributed by atoms with Crippen LogP contribution in [0.2, 0.25) is 0 Å². The lowest BCUT2D eigenvalue weighted by molar-refractivity contribution is 0.700. The third kappa shape index (κ3) is 2.39. The van der Waals surface area contributed by atoms with Crippen LogP contribution in [-0.4, -0.2) is 25.4 Å². The van der Waals surface area contributed by atoms with Gasteiger partial charge in [-0.15, -0.1) is 11.3 Å². The molecular weight excluding hydrogens is 308 g/mol. The van der Waals surface area contributed by atoms with Gasteiger partial charge in [-0.05, 0) is 44.1 Å². The first-order chi connectivity index (χ1) is 11.4. The van der Waals surface area contributed by atoms with Gasteiger partial charge in [-0.1, -0.05) is 0 Å². The highest BCUT2D eigenvalue weighted by Gasteiger charge is 2.29. The van der Waals surface area contributed by atoms with Crippen LogP contribution in [0.4, 0.5) is 5.82 Å². The normalized spacial score (nSPS) is 17.4. The van der Waals surface area contributed by atoms with Crippen LogP contribution >= 0.6 is 11.3 Å². The van der Waals surface area contributed by atoms with E-state index in [-0.39, 0.29) is 0 Å². The molecule has 23 heavy (non-hydrogen) atoms. The molecule has 1 saturated carbocycles. The van der Waals surface area contributed by atoms with Gasteiger partial charge in [0.15, 0.2) is 0 Å². The average Bonchev–Trinajstić information content (AvgIpc) is 3.17. The SMILES string of the molecule is c1n[nH]nc1CNc1nc(C2CC2)nc2sc3c(c12)CCCC3. The zero-order chi connectivity index (χ0) is 15.2. The average molecular weight is 326 g/mol. The minimum atomic E-state index is 0.561. The largest absolute Gasteiger partial charge is 0.364 e. The van der Waals surface area contributed by atoms with Crippen molar-refractivity contribution in [3.05, 3.63) is 28.2 Å². The highest BCUT2D eigenvalue weighted by Crippen LogP contribution is 2.43. The summed E-state index contributed by atoms with van der Waals surface area (Å²) in [5, 5.41) is 15.4. The Labute approximate surface area is 137 Å². The molecule has 2 N–H and O–H groups in total. The molecule has 3 heterocycles. The predicted octanol–water partition coefficient (Wildman–Crippen LogP) is 3.18. The second-order valence-corrected chi connectivity index (χ2v) is 7.49. The molecule has 0 aliphatic heterocycles. The molecule has 0 aromatic carbocycles. The molecule has 6 nitrogen and oxygen atoms in total. The van der Waals surface area contributed by atoms with E-state index < -0.39 is 0 Å². The Kier molecular flexibility index (Phi) is 3.07. The van der Waals surface area contributed by atoms with E-state index in [4.69, 9.17) is 9.97 Å². The maximum absolute atomic E-state index is 4.88. The maximum atomic E-state index is 4.88. The van der Waals surface area contributed by atoms with Gasteiger partial charge in [0.1, 0.15) is 22.2 Å². The number of fused-ring (bicyclic) bond motifs is 3. The molecule has 0 amide bonds. The van der Waals surface area contributed by atoms with Gasteiger partial charge >= 0.3 is 0 Å². The third-order valence-corrected chi connectivity index (χ3v) is 5.86. The molecular formula is C16H18N6S. The van der Waals surface area contributed by atoms with Gasteiger partial charge in [0.2, 0.25) is 0 Å². The minimum absolute atomic E-state index is 0.561. The van der Waals surface area contributed by atoms with Crippen LogP contribution in [0.1, 0.15) is 53.6 Å². The summed E-state index contributed by atoms with van der Waals surface area (Å²) >= 11 is 1.87. The van der Waals surface area contributed by atoms with E-state index in [1.807, 2.05) is 11.3 Å². The zero-order valence-electron chi connectivity index (χ0n) is 12.8. The first-order valence-corrected chi connectivity index (χ1v) is 9.11. The fourth-order valence-corrected chi connectivity index (χ4v) is 4.58. The summed E-state index contributed by atoms with van der Waals surface area (Å²) in [6, 6.07) is 0. The number of rotatable bonds is 4. The molecule has 0 unspecified atom stereocenters. The van der Waals surface area contributed by atoms with Crippen LogP contribution in [0.5, 0.6) is 0 Å². The van der Waals surface area contributed by atoms with Crippen LogP contribution in [0.25, 0.3) is 10.2 Å². The lowest BCUT2D eigenvalue weighted by atomic mass is 9.97. The van der Waals surface area contributed by atoms with Crippen molar-refractivity contribution in [3.63, 3.8) is 0 Å². The highest BCUT2D eigenvalue weighted by atomic mass is 32.1. The third-order valence-electron chi connectivity index (χ3n) is 4.68. The Balaban J connectivity index is 1.60. The molecule has 7 heteroatoms. The van der Waals surface area contributed by atoms with Crippen molar-refractivity contribution in [2.45, 2.75) is 51.0 Å². The number of H-pyrrole nitrogens is 1. The van der Waals surface area contributed by atoms with Crippen LogP contribution in [-0.2, 0) is 19.4 Å². The molecule has 1 fully saturated rings. The van der Waals surface area contributed by atoms with Crippen molar-refractivity contribution >= 4 is 27.4 Å². The number of nitrogens with zero attached hydrogens (tertiary/aromatic N) is 4. The number of anilines is 1. The Morgan fingerprint density at radius 1 is 1.22 bits per heavy atom. The summed E-state index contributed by atoms with van der Waals surface area (Å²) < 4.78 is 0. The van der Waals surface area contributed by atoms with Gasteiger partial charge in [-0.3, -0.25) is 0 Å². The van der Waals surface area contributed by atoms with Crippen molar-refractivity contribution in [2.75, 3.05) is 5.32 Å². The Hall–Kier alpha value is -2.02. The summed E-state index contributed by atoms with van der Waals surface area (Å²) in [6.45, 7) is 0.636. The number of hydrogen-bond acceptors (Lipinski definition) is 6. The van der Waals surface area contributed by atoms with Gasteiger partial charge < -0.3 is 5.32 Å². The molecule has 3 aromatic heterocycles. The number of thiophene rings is 1. The number of aromatic nitrogens is 5. The topological polar surface area (TPSA) is 79.4 Å². The van der Waals surface area contributed by atoms with Gasteiger partial charge in [-0.25, -0.2) is 9.97 Å². The van der Waals surface area contributed by atoms with Crippen molar-refractivity contribution in [3.8, 4) is 0 Å². The molecule has 0 radical (unpaired) electrons. The van der Waals surface area contributed by atoms with Crippen LogP contribution < -0.4 is 5.32 Å². The van der Waals surface area contributed by atoms with Gasteiger partial charge in [-0.2, -0.15) is 15.4 Å². The van der Waals surface area contributed by atoms with E-state index in [9.17, 15) is 0 Å². The molecule has 3 aromatic rings. The molecule has 118 valence electrons. The first kappa shape index (κ1) is 13.4. The van der Waals surface area contributed by atoms with Gasteiger partial charge in [0.05, 0.1) is 18.1 Å². The Bertz CT molecular complexity index is 849. The summed E-state index contributed by atoms with van der Waals surface area (Å²) in [5.41, 5.74) is 2.37. The van der Waals surface area contributed by atoms with Crippen molar-refractivity contribution in [2.24, 2.45) is 0 Å². The fourth-order valence-electron chi connectivity index (χ4n) is 3.31. The highest BCUT2D eigenvalue weighted by molar-refractivity contribution is 7.19. The van der Waals surface area contributed by atoms with Gasteiger partial charge in [0.25, 0.3) is 0 Å². The van der Waals surface area contributed by atoms with Crippen molar-refractivity contribution in [1.82, 2.24) is 25.4 Å². The maximum Gasteiger partial charge on any atom is 0.139 e. The van der Waals surface area contributed by atoms with E-state index >= 15 is 0 Å². The second kappa shape index (κ2) is 5.26. The molecule has 5 rings (SSSR count). The predicted molar refractivity (Wildman–Crippen MR) is 89.7 cm³/mol. The van der Waals surface area contributed by atoms with Gasteiger partial charge in [0, 0.05) is 10.8 Å². The molecule has 2 aliphatic carbocycles. The smallest absolute Gasteiger partial charge is 0.139 e. The number of hydrogen-bond donors (Lipinski definition) is 2. The molecule has 0 atom stereocenters. The number of aromatic amines is 1. The summed E-state index contributed by atoms with van der Waals surface area (Å²) in [7, 11) is 0.